The first-order chi connectivity index (χ1) is 6.68. The molecule has 14 heavy (non-hydrogen) atoms. The van der Waals surface area contributed by atoms with Crippen molar-refractivity contribution in [1.29, 1.82) is 0 Å². The number of halogens is 1. The van der Waals surface area contributed by atoms with Gasteiger partial charge < -0.3 is 5.11 Å². The lowest BCUT2D eigenvalue weighted by molar-refractivity contribution is 0.0682. The first-order valence-electron chi connectivity index (χ1n) is 3.71. The molecule has 1 heterocycles. The number of fused-ring (bicyclic) bond motifs is 1. The lowest BCUT2D eigenvalue weighted by Gasteiger charge is -1.97. The highest BCUT2D eigenvalue weighted by Crippen LogP contribution is 2.11. The third kappa shape index (κ3) is 1.26. The van der Waals surface area contributed by atoms with E-state index < -0.39 is 17.6 Å². The van der Waals surface area contributed by atoms with E-state index >= 15 is 0 Å². The Kier molecular flexibility index (Phi) is 1.81. The molecule has 1 aromatic heterocycles. The van der Waals surface area contributed by atoms with Crippen LogP contribution in [0, 0.1) is 5.82 Å². The van der Waals surface area contributed by atoms with Crippen LogP contribution in [0.2, 0.25) is 0 Å². The average molecular weight is 193 g/mol. The van der Waals surface area contributed by atoms with Crippen LogP contribution < -0.4 is 0 Å². The third-order valence-electron chi connectivity index (χ3n) is 1.63. The molecule has 0 saturated heterocycles. The van der Waals surface area contributed by atoms with Crippen molar-refractivity contribution in [2.24, 2.45) is 0 Å². The number of benzene rings is 1. The number of carboxylic acids is 1. The molecule has 0 fully saturated rings. The summed E-state index contributed by atoms with van der Waals surface area (Å²) in [5.41, 5.74) is 0.148. The van der Waals surface area contributed by atoms with Gasteiger partial charge in [0.1, 0.15) is 11.0 Å². The first-order valence-corrected chi connectivity index (χ1v) is 3.71. The quantitative estimate of drug-likeness (QED) is 0.726. The topological polar surface area (TPSA) is 76.0 Å². The van der Waals surface area contributed by atoms with E-state index in [4.69, 9.17) is 5.11 Å². The predicted molar refractivity (Wildman–Crippen MR) is 44.3 cm³/mol. The second kappa shape index (κ2) is 2.99. The molecule has 2 aromatic rings. The van der Waals surface area contributed by atoms with Crippen molar-refractivity contribution in [3.05, 3.63) is 29.8 Å². The molecule has 1 N–H and O–H groups in total. The summed E-state index contributed by atoms with van der Waals surface area (Å²) in [5.74, 6) is -2.45. The number of aromatic carboxylic acids is 1. The van der Waals surface area contributed by atoms with Crippen molar-refractivity contribution >= 4 is 17.0 Å². The van der Waals surface area contributed by atoms with E-state index in [0.29, 0.717) is 0 Å². The van der Waals surface area contributed by atoms with E-state index in [2.05, 4.69) is 15.2 Å². The molecule has 0 bridgehead atoms. The molecular formula is C8H4FN3O2. The van der Waals surface area contributed by atoms with Crippen LogP contribution in [0.1, 0.15) is 10.6 Å². The van der Waals surface area contributed by atoms with Crippen LogP contribution in [-0.4, -0.2) is 26.3 Å². The summed E-state index contributed by atoms with van der Waals surface area (Å²) in [6.45, 7) is 0. The van der Waals surface area contributed by atoms with E-state index in [1.165, 1.54) is 18.2 Å². The zero-order valence-corrected chi connectivity index (χ0v) is 6.81. The van der Waals surface area contributed by atoms with E-state index in [1.807, 2.05) is 0 Å². The van der Waals surface area contributed by atoms with Gasteiger partial charge in [-0.2, -0.15) is 0 Å². The minimum atomic E-state index is -1.33. The minimum absolute atomic E-state index is 0.0834. The fourth-order valence-electron chi connectivity index (χ4n) is 1.02. The molecule has 0 atom stereocenters. The second-order valence-electron chi connectivity index (χ2n) is 2.55. The van der Waals surface area contributed by atoms with Gasteiger partial charge >= 0.3 is 5.97 Å². The Morgan fingerprint density at radius 1 is 1.36 bits per heavy atom. The fraction of sp³-hybridized carbons (Fsp3) is 0. The van der Waals surface area contributed by atoms with Crippen LogP contribution in [0.15, 0.2) is 18.2 Å². The zero-order chi connectivity index (χ0) is 10.1. The van der Waals surface area contributed by atoms with Gasteiger partial charge in [0.05, 0.1) is 0 Å². The molecule has 70 valence electrons. The average Bonchev–Trinajstić information content (AvgIpc) is 2.18. The van der Waals surface area contributed by atoms with E-state index in [9.17, 15) is 9.18 Å². The SMILES string of the molecule is O=C(O)c1nnc2cccc(F)c2n1. The van der Waals surface area contributed by atoms with Crippen LogP contribution in [-0.2, 0) is 0 Å². The Morgan fingerprint density at radius 3 is 2.86 bits per heavy atom. The molecular weight excluding hydrogens is 189 g/mol. The number of hydrogen-bond acceptors (Lipinski definition) is 4. The molecule has 0 radical (unpaired) electrons. The summed E-state index contributed by atoms with van der Waals surface area (Å²) >= 11 is 0. The first kappa shape index (κ1) is 8.49. The van der Waals surface area contributed by atoms with Crippen molar-refractivity contribution in [2.75, 3.05) is 0 Å². The van der Waals surface area contributed by atoms with Crippen molar-refractivity contribution in [1.82, 2.24) is 15.2 Å². The Labute approximate surface area is 77.2 Å². The number of rotatable bonds is 1. The molecule has 0 saturated carbocycles. The number of para-hydroxylation sites is 1. The number of carboxylic acid groups (broad SMARTS) is 1. The monoisotopic (exact) mass is 193 g/mol. The van der Waals surface area contributed by atoms with Gasteiger partial charge in [-0.25, -0.2) is 14.2 Å². The van der Waals surface area contributed by atoms with Crippen LogP contribution in [0.5, 0.6) is 0 Å². The highest BCUT2D eigenvalue weighted by atomic mass is 19.1. The van der Waals surface area contributed by atoms with E-state index in [0.717, 1.165) is 0 Å². The summed E-state index contributed by atoms with van der Waals surface area (Å²) < 4.78 is 13.1. The molecule has 5 nitrogen and oxygen atoms in total. The molecule has 0 unspecified atom stereocenters. The molecule has 1 aromatic carbocycles. The lowest BCUT2D eigenvalue weighted by atomic mass is 10.3. The Morgan fingerprint density at radius 2 is 2.14 bits per heavy atom. The molecule has 0 aliphatic rings. The Hall–Kier alpha value is -2.11. The lowest BCUT2D eigenvalue weighted by Crippen LogP contribution is -2.06. The fourth-order valence-corrected chi connectivity index (χ4v) is 1.02. The van der Waals surface area contributed by atoms with Crippen molar-refractivity contribution in [3.63, 3.8) is 0 Å². The maximum atomic E-state index is 13.1. The van der Waals surface area contributed by atoms with Crippen LogP contribution in [0.3, 0.4) is 0 Å². The molecule has 2 rings (SSSR count). The maximum Gasteiger partial charge on any atom is 0.375 e. The van der Waals surface area contributed by atoms with Crippen LogP contribution >= 0.6 is 0 Å². The largest absolute Gasteiger partial charge is 0.475 e. The molecule has 0 amide bonds. The summed E-state index contributed by atoms with van der Waals surface area (Å²) in [5, 5.41) is 15.4. The van der Waals surface area contributed by atoms with Crippen LogP contribution in [0.25, 0.3) is 11.0 Å². The predicted octanol–water partition coefficient (Wildman–Crippen LogP) is 0.862. The van der Waals surface area contributed by atoms with Gasteiger partial charge in [0.2, 0.25) is 0 Å². The Bertz CT molecular complexity index is 515. The summed E-state index contributed by atoms with van der Waals surface area (Å²) in [6, 6.07) is 4.14. The highest BCUT2D eigenvalue weighted by Gasteiger charge is 2.10. The Balaban J connectivity index is 2.76. The summed E-state index contributed by atoms with van der Waals surface area (Å²) in [4.78, 5) is 14.0. The van der Waals surface area contributed by atoms with E-state index in [-0.39, 0.29) is 11.0 Å². The van der Waals surface area contributed by atoms with Gasteiger partial charge in [-0.05, 0) is 12.1 Å². The number of aromatic nitrogens is 3. The second-order valence-corrected chi connectivity index (χ2v) is 2.55. The third-order valence-corrected chi connectivity index (χ3v) is 1.63. The highest BCUT2D eigenvalue weighted by molar-refractivity contribution is 5.85. The zero-order valence-electron chi connectivity index (χ0n) is 6.81. The standard InChI is InChI=1S/C8H4FN3O2/c9-4-2-1-3-5-6(4)10-7(8(13)14)12-11-5/h1-3H,(H,13,14). The maximum absolute atomic E-state index is 13.1. The van der Waals surface area contributed by atoms with Gasteiger partial charge in [0, 0.05) is 0 Å². The van der Waals surface area contributed by atoms with Gasteiger partial charge in [0.25, 0.3) is 5.82 Å². The summed E-state index contributed by atoms with van der Waals surface area (Å²) in [6.07, 6.45) is 0. The normalized spacial score (nSPS) is 10.4. The molecule has 0 aliphatic carbocycles. The molecule has 6 heteroatoms. The van der Waals surface area contributed by atoms with Gasteiger partial charge in [0.15, 0.2) is 5.82 Å². The van der Waals surface area contributed by atoms with E-state index in [1.54, 1.807) is 0 Å². The number of nitrogens with zero attached hydrogens (tertiary/aromatic N) is 3. The van der Waals surface area contributed by atoms with Gasteiger partial charge in [-0.1, -0.05) is 6.07 Å². The van der Waals surface area contributed by atoms with Gasteiger partial charge in [-0.3, -0.25) is 0 Å². The molecule has 0 aliphatic heterocycles. The number of hydrogen-bond donors (Lipinski definition) is 1. The minimum Gasteiger partial charge on any atom is -0.475 e. The van der Waals surface area contributed by atoms with Gasteiger partial charge in [-0.15, -0.1) is 10.2 Å². The number of carbonyl (C=O) groups is 1. The molecule has 0 spiro atoms. The van der Waals surface area contributed by atoms with Crippen LogP contribution in [0.4, 0.5) is 4.39 Å². The van der Waals surface area contributed by atoms with Crippen molar-refractivity contribution in [3.8, 4) is 0 Å². The smallest absolute Gasteiger partial charge is 0.375 e. The summed E-state index contributed by atoms with van der Waals surface area (Å²) in [7, 11) is 0. The van der Waals surface area contributed by atoms with Crippen molar-refractivity contribution in [2.45, 2.75) is 0 Å². The van der Waals surface area contributed by atoms with Crippen molar-refractivity contribution < 1.29 is 14.3 Å².